The molecule has 0 saturated carbocycles. The Balaban J connectivity index is 1.26. The number of benzene rings is 9. The van der Waals surface area contributed by atoms with E-state index in [0.717, 1.165) is 111 Å². The van der Waals surface area contributed by atoms with Gasteiger partial charge in [-0.1, -0.05) is 168 Å². The highest BCUT2D eigenvalue weighted by molar-refractivity contribution is 6.14. The Morgan fingerprint density at radius 3 is 0.957 bits per heavy atom. The first-order chi connectivity index (χ1) is 34.1. The summed E-state index contributed by atoms with van der Waals surface area (Å²) in [5, 5.41) is 4.61. The highest BCUT2D eigenvalue weighted by Gasteiger charge is 2.24. The Labute approximate surface area is 409 Å². The summed E-state index contributed by atoms with van der Waals surface area (Å²) >= 11 is 0. The van der Waals surface area contributed by atoms with E-state index < -0.39 is 0 Å². The van der Waals surface area contributed by atoms with E-state index in [0.29, 0.717) is 5.69 Å². The lowest BCUT2D eigenvalue weighted by Crippen LogP contribution is -2.05. The average Bonchev–Trinajstić information content (AvgIpc) is 3.86. The molecular weight excluding hydrogens is 849 g/mol. The van der Waals surface area contributed by atoms with E-state index in [9.17, 15) is 0 Å². The molecule has 12 aromatic rings. The van der Waals surface area contributed by atoms with Gasteiger partial charge in [0.1, 0.15) is 0 Å². The van der Waals surface area contributed by atoms with Crippen LogP contribution in [0.2, 0.25) is 0 Å². The number of nitrogens with zero attached hydrogens (tertiary/aromatic N) is 4. The summed E-state index contributed by atoms with van der Waals surface area (Å²) in [6, 6.07) is 71.3. The lowest BCUT2D eigenvalue weighted by atomic mass is 10.00. The molecule has 0 fully saturated rings. The lowest BCUT2D eigenvalue weighted by molar-refractivity contribution is 1.10. The Morgan fingerprint density at radius 1 is 0.329 bits per heavy atom. The summed E-state index contributed by atoms with van der Waals surface area (Å²) in [6.45, 7) is 21.6. The van der Waals surface area contributed by atoms with Crippen molar-refractivity contribution >= 4 is 49.3 Å². The van der Waals surface area contributed by atoms with Crippen molar-refractivity contribution in [2.45, 2.75) is 41.5 Å². The van der Waals surface area contributed by atoms with Crippen LogP contribution in [0.25, 0.3) is 115 Å². The predicted octanol–water partition coefficient (Wildman–Crippen LogP) is 18.0. The van der Waals surface area contributed by atoms with E-state index in [2.05, 4.69) is 236 Å². The second-order valence-corrected chi connectivity index (χ2v) is 19.2. The number of aryl methyl sites for hydroxylation is 6. The van der Waals surface area contributed by atoms with Crippen LogP contribution >= 0.6 is 0 Å². The van der Waals surface area contributed by atoms with Gasteiger partial charge in [0.15, 0.2) is 5.69 Å². The summed E-state index contributed by atoms with van der Waals surface area (Å²) in [6.07, 6.45) is 0. The van der Waals surface area contributed by atoms with Crippen molar-refractivity contribution < 1.29 is 0 Å². The number of fused-ring (bicyclic) bond motifs is 6. The molecule has 0 spiro atoms. The molecule has 0 aliphatic carbocycles. The van der Waals surface area contributed by atoms with Gasteiger partial charge in [-0.25, -0.2) is 4.85 Å². The molecule has 0 unspecified atom stereocenters. The van der Waals surface area contributed by atoms with Crippen molar-refractivity contribution in [2.75, 3.05) is 0 Å². The van der Waals surface area contributed by atoms with Crippen LogP contribution in [-0.4, -0.2) is 14.1 Å². The fourth-order valence-electron chi connectivity index (χ4n) is 10.8. The molecule has 4 heteroatoms. The molecule has 334 valence electrons. The second-order valence-electron chi connectivity index (χ2n) is 19.2. The van der Waals surface area contributed by atoms with Crippen molar-refractivity contribution in [1.82, 2.24) is 14.1 Å². The molecule has 3 heterocycles. The van der Waals surface area contributed by atoms with Crippen LogP contribution in [0.5, 0.6) is 0 Å². The van der Waals surface area contributed by atoms with Gasteiger partial charge < -0.3 is 9.13 Å². The predicted molar refractivity (Wildman–Crippen MR) is 295 cm³/mol. The van der Waals surface area contributed by atoms with Gasteiger partial charge in [-0.2, -0.15) is 0 Å². The van der Waals surface area contributed by atoms with Crippen LogP contribution in [0, 0.1) is 48.1 Å². The van der Waals surface area contributed by atoms with Crippen molar-refractivity contribution in [3.8, 4) is 67.0 Å². The number of aromatic nitrogens is 3. The fraction of sp³-hybridized carbons (Fsp3) is 0.0909. The molecule has 9 aromatic carbocycles. The Kier molecular flexibility index (Phi) is 10.2. The van der Waals surface area contributed by atoms with E-state index in [4.69, 9.17) is 11.6 Å². The minimum absolute atomic E-state index is 0.574. The van der Waals surface area contributed by atoms with E-state index in [1.54, 1.807) is 0 Å². The quantitative estimate of drug-likeness (QED) is 0.146. The third kappa shape index (κ3) is 7.35. The highest BCUT2D eigenvalue weighted by Crippen LogP contribution is 2.46. The van der Waals surface area contributed by atoms with Gasteiger partial charge in [-0.15, -0.1) is 0 Å². The summed E-state index contributed by atoms with van der Waals surface area (Å²) in [5.41, 5.74) is 24.5. The molecule has 0 atom stereocenters. The van der Waals surface area contributed by atoms with Crippen molar-refractivity contribution in [1.29, 1.82) is 0 Å². The SMILES string of the molecule is [C-]#[N+]c1cc(-n2c3cc(-c4cccc(C)c4)ccc3c3ccc(-c4cccc(C)c4)cc32)c(-n2c3cc(-c4cccc(C)c4)ccc3c3ccc(-c4cccc(C)c4)cc32)cc1-c1cc(C)nc(C)c1. The third-order valence-corrected chi connectivity index (χ3v) is 14.0. The fourth-order valence-corrected chi connectivity index (χ4v) is 10.8. The first-order valence-corrected chi connectivity index (χ1v) is 24.0. The monoisotopic (exact) mass is 898 g/mol. The van der Waals surface area contributed by atoms with Crippen LogP contribution in [0.15, 0.2) is 194 Å². The van der Waals surface area contributed by atoms with Crippen molar-refractivity contribution in [3.05, 3.63) is 239 Å². The zero-order chi connectivity index (χ0) is 47.8. The molecule has 0 N–H and O–H groups in total. The van der Waals surface area contributed by atoms with E-state index >= 15 is 0 Å². The summed E-state index contributed by atoms with van der Waals surface area (Å²) < 4.78 is 4.91. The van der Waals surface area contributed by atoms with Crippen LogP contribution < -0.4 is 0 Å². The topological polar surface area (TPSA) is 27.1 Å². The van der Waals surface area contributed by atoms with Crippen molar-refractivity contribution in [2.24, 2.45) is 0 Å². The maximum Gasteiger partial charge on any atom is 0.197 e. The minimum Gasteiger partial charge on any atom is -0.308 e. The van der Waals surface area contributed by atoms with E-state index in [-0.39, 0.29) is 0 Å². The lowest BCUT2D eigenvalue weighted by Gasteiger charge is -2.21. The van der Waals surface area contributed by atoms with Gasteiger partial charge in [0.25, 0.3) is 0 Å². The maximum atomic E-state index is 8.90. The van der Waals surface area contributed by atoms with Gasteiger partial charge >= 0.3 is 0 Å². The summed E-state index contributed by atoms with van der Waals surface area (Å²) in [4.78, 5) is 9.14. The molecule has 3 aromatic heterocycles. The van der Waals surface area contributed by atoms with E-state index in [1.807, 2.05) is 13.8 Å². The van der Waals surface area contributed by atoms with Gasteiger partial charge in [-0.05, 0) is 146 Å². The average molecular weight is 899 g/mol. The normalized spacial score (nSPS) is 11.6. The molecule has 0 radical (unpaired) electrons. The standard InChI is InChI=1S/C66H50N4/c1-40-12-8-16-46(28-40)50-20-24-55-56-25-21-51(47-17-9-13-41(2)29-47)35-62(56)69(61(55)34-50)65-38-59(54-32-44(5)68-45(6)33-54)60(67-7)39-66(65)70-63-36-52(48-18-10-14-42(3)30-48)22-26-57(63)58-27-23-53(37-64(58)70)49-19-11-15-43(4)31-49/h8-39H,1-6H3. The molecule has 0 bridgehead atoms. The number of pyridine rings is 1. The molecule has 12 rings (SSSR count). The summed E-state index contributed by atoms with van der Waals surface area (Å²) in [7, 11) is 0. The van der Waals surface area contributed by atoms with Crippen LogP contribution in [0.1, 0.15) is 33.6 Å². The van der Waals surface area contributed by atoms with Crippen LogP contribution in [0.4, 0.5) is 5.69 Å². The molecule has 0 aliphatic heterocycles. The third-order valence-electron chi connectivity index (χ3n) is 14.0. The first-order valence-electron chi connectivity index (χ1n) is 24.0. The maximum absolute atomic E-state index is 8.90. The Bertz CT molecular complexity index is 3930. The second kappa shape index (κ2) is 16.8. The molecule has 0 amide bonds. The van der Waals surface area contributed by atoms with E-state index in [1.165, 1.54) is 33.4 Å². The number of hydrogen-bond donors (Lipinski definition) is 0. The minimum atomic E-state index is 0.574. The molecule has 0 aliphatic rings. The van der Waals surface area contributed by atoms with Gasteiger partial charge in [0.2, 0.25) is 0 Å². The van der Waals surface area contributed by atoms with Gasteiger partial charge in [0, 0.05) is 32.9 Å². The largest absolute Gasteiger partial charge is 0.308 e. The molecular formula is C66H50N4. The Hall–Kier alpha value is -8.78. The molecule has 70 heavy (non-hydrogen) atoms. The first kappa shape index (κ1) is 42.6. The highest BCUT2D eigenvalue weighted by atomic mass is 15.1. The zero-order valence-corrected chi connectivity index (χ0v) is 40.3. The zero-order valence-electron chi connectivity index (χ0n) is 40.3. The van der Waals surface area contributed by atoms with Gasteiger partial charge in [-0.3, -0.25) is 4.98 Å². The molecule has 0 saturated heterocycles. The van der Waals surface area contributed by atoms with Gasteiger partial charge in [0.05, 0.1) is 40.0 Å². The number of hydrogen-bond acceptors (Lipinski definition) is 1. The van der Waals surface area contributed by atoms with Crippen molar-refractivity contribution in [3.63, 3.8) is 0 Å². The summed E-state index contributed by atoms with van der Waals surface area (Å²) in [5.74, 6) is 0. The van der Waals surface area contributed by atoms with Crippen LogP contribution in [-0.2, 0) is 0 Å². The Morgan fingerprint density at radius 2 is 0.643 bits per heavy atom. The molecule has 4 nitrogen and oxygen atoms in total. The van der Waals surface area contributed by atoms with Crippen LogP contribution in [0.3, 0.4) is 0 Å². The smallest absolute Gasteiger partial charge is 0.197 e. The number of rotatable bonds is 7.